The van der Waals surface area contributed by atoms with Gasteiger partial charge in [-0.2, -0.15) is 0 Å². The van der Waals surface area contributed by atoms with Crippen LogP contribution >= 0.6 is 0 Å². The molecule has 0 radical (unpaired) electrons. The first-order chi connectivity index (χ1) is 11.6. The van der Waals surface area contributed by atoms with E-state index in [1.54, 1.807) is 9.47 Å². The van der Waals surface area contributed by atoms with Crippen LogP contribution in [0.25, 0.3) is 0 Å². The second kappa shape index (κ2) is 6.22. The van der Waals surface area contributed by atoms with E-state index >= 15 is 0 Å². The van der Waals surface area contributed by atoms with Crippen molar-refractivity contribution in [3.8, 4) is 0 Å². The van der Waals surface area contributed by atoms with Gasteiger partial charge in [-0.1, -0.05) is 0 Å². The number of rotatable bonds is 5. The molecule has 4 rings (SSSR count). The fraction of sp³-hybridized carbons (Fsp3) is 0.647. The van der Waals surface area contributed by atoms with E-state index in [2.05, 4.69) is 0 Å². The van der Waals surface area contributed by atoms with E-state index in [-0.39, 0.29) is 24.2 Å². The molecule has 2 aliphatic heterocycles. The highest BCUT2D eigenvalue weighted by molar-refractivity contribution is 5.98. The zero-order valence-electron chi connectivity index (χ0n) is 13.6. The van der Waals surface area contributed by atoms with Gasteiger partial charge in [0, 0.05) is 26.2 Å². The van der Waals surface area contributed by atoms with Crippen LogP contribution in [-0.4, -0.2) is 58.9 Å². The van der Waals surface area contributed by atoms with Crippen LogP contribution in [-0.2, 0) is 22.6 Å². The first-order valence-corrected chi connectivity index (χ1v) is 8.58. The normalized spacial score (nSPS) is 23.3. The number of nitrogens with zero attached hydrogens (tertiary/aromatic N) is 2. The van der Waals surface area contributed by atoms with Gasteiger partial charge >= 0.3 is 5.97 Å². The quantitative estimate of drug-likeness (QED) is 0.879. The Labute approximate surface area is 140 Å². The smallest absolute Gasteiger partial charge is 0.337 e. The largest absolute Gasteiger partial charge is 0.478 e. The highest BCUT2D eigenvalue weighted by Crippen LogP contribution is 2.30. The number of aromatic nitrogens is 1. The predicted molar refractivity (Wildman–Crippen MR) is 84.0 cm³/mol. The zero-order chi connectivity index (χ0) is 16.7. The Balaban J connectivity index is 1.49. The van der Waals surface area contributed by atoms with Crippen LogP contribution in [0.15, 0.2) is 6.07 Å². The third-order valence-corrected chi connectivity index (χ3v) is 5.05. The van der Waals surface area contributed by atoms with Crippen molar-refractivity contribution < 1.29 is 24.2 Å². The third kappa shape index (κ3) is 2.93. The summed E-state index contributed by atoms with van der Waals surface area (Å²) in [5.41, 5.74) is 1.20. The van der Waals surface area contributed by atoms with Crippen molar-refractivity contribution in [2.45, 2.75) is 38.5 Å². The van der Waals surface area contributed by atoms with E-state index in [1.807, 2.05) is 0 Å². The van der Waals surface area contributed by atoms with Crippen LogP contribution in [0.2, 0.25) is 0 Å². The molecule has 1 saturated carbocycles. The lowest BCUT2D eigenvalue weighted by Crippen LogP contribution is -2.33. The minimum Gasteiger partial charge on any atom is -0.478 e. The summed E-state index contributed by atoms with van der Waals surface area (Å²) < 4.78 is 13.0. The first kappa shape index (κ1) is 15.7. The minimum atomic E-state index is -1.02. The molecular weight excluding hydrogens is 312 g/mol. The second-order valence-corrected chi connectivity index (χ2v) is 6.84. The second-order valence-electron chi connectivity index (χ2n) is 6.84. The highest BCUT2D eigenvalue weighted by Gasteiger charge is 2.33. The summed E-state index contributed by atoms with van der Waals surface area (Å²) in [4.78, 5) is 26.1. The van der Waals surface area contributed by atoms with Crippen LogP contribution in [0.5, 0.6) is 0 Å². The van der Waals surface area contributed by atoms with Gasteiger partial charge in [0.1, 0.15) is 5.69 Å². The van der Waals surface area contributed by atoms with Gasteiger partial charge in [-0.25, -0.2) is 4.79 Å². The van der Waals surface area contributed by atoms with Crippen molar-refractivity contribution in [2.75, 3.05) is 26.3 Å². The molecule has 1 aromatic heterocycles. The maximum atomic E-state index is 12.9. The Morgan fingerprint density at radius 1 is 1.29 bits per heavy atom. The summed E-state index contributed by atoms with van der Waals surface area (Å²) in [6.07, 6.45) is 3.46. The van der Waals surface area contributed by atoms with Crippen molar-refractivity contribution >= 4 is 11.9 Å². The first-order valence-electron chi connectivity index (χ1n) is 8.58. The summed E-state index contributed by atoms with van der Waals surface area (Å²) in [6, 6.07) is 1.49. The van der Waals surface area contributed by atoms with Crippen molar-refractivity contribution in [1.82, 2.24) is 9.47 Å². The van der Waals surface area contributed by atoms with Gasteiger partial charge in [0.05, 0.1) is 30.6 Å². The number of carbonyl (C=O) groups excluding carboxylic acids is 1. The molecule has 3 aliphatic rings. The molecule has 7 nitrogen and oxygen atoms in total. The molecule has 2 fully saturated rings. The summed E-state index contributed by atoms with van der Waals surface area (Å²) in [5, 5.41) is 9.36. The number of carboxylic acid groups (broad SMARTS) is 1. The molecule has 24 heavy (non-hydrogen) atoms. The van der Waals surface area contributed by atoms with Crippen LogP contribution in [0.1, 0.15) is 45.8 Å². The van der Waals surface area contributed by atoms with Gasteiger partial charge in [0.25, 0.3) is 5.91 Å². The van der Waals surface area contributed by atoms with Gasteiger partial charge < -0.3 is 24.0 Å². The molecule has 1 saturated heterocycles. The average molecular weight is 334 g/mol. The van der Waals surface area contributed by atoms with Crippen LogP contribution in [0.4, 0.5) is 0 Å². The molecule has 0 unspecified atom stereocenters. The van der Waals surface area contributed by atoms with E-state index < -0.39 is 5.97 Å². The van der Waals surface area contributed by atoms with E-state index in [9.17, 15) is 14.7 Å². The summed E-state index contributed by atoms with van der Waals surface area (Å²) in [7, 11) is 0. The van der Waals surface area contributed by atoms with Crippen molar-refractivity contribution in [2.24, 2.45) is 5.92 Å². The lowest BCUT2D eigenvalue weighted by Gasteiger charge is -2.21. The van der Waals surface area contributed by atoms with Gasteiger partial charge in [-0.05, 0) is 31.2 Å². The number of carbonyl (C=O) groups is 2. The lowest BCUT2D eigenvalue weighted by molar-refractivity contribution is 0.0472. The molecule has 1 aliphatic carbocycles. The number of carboxylic acids is 1. The zero-order valence-corrected chi connectivity index (χ0v) is 13.6. The number of ether oxygens (including phenoxy) is 2. The molecule has 1 amide bonds. The van der Waals surface area contributed by atoms with Crippen molar-refractivity contribution in [3.05, 3.63) is 23.0 Å². The van der Waals surface area contributed by atoms with Crippen molar-refractivity contribution in [1.29, 1.82) is 0 Å². The van der Waals surface area contributed by atoms with E-state index in [0.717, 1.165) is 13.0 Å². The Kier molecular flexibility index (Phi) is 4.05. The molecule has 1 aromatic rings. The van der Waals surface area contributed by atoms with Gasteiger partial charge in [0.15, 0.2) is 0 Å². The number of amides is 1. The molecule has 1 N–H and O–H groups in total. The fourth-order valence-corrected chi connectivity index (χ4v) is 3.45. The minimum absolute atomic E-state index is 0.104. The number of likely N-dealkylation sites (tertiary alicyclic amines) is 1. The molecular formula is C17H22N2O5. The molecule has 0 spiro atoms. The SMILES string of the molecule is O=C(O)c1cc(C(=O)N2CC[C@H](OCC3CC3)C2)n2c1COCC2. The van der Waals surface area contributed by atoms with Crippen molar-refractivity contribution in [3.63, 3.8) is 0 Å². The van der Waals surface area contributed by atoms with Gasteiger partial charge in [-0.3, -0.25) is 4.79 Å². The molecule has 0 aromatic carbocycles. The summed E-state index contributed by atoms with van der Waals surface area (Å²) in [5.74, 6) is -0.413. The van der Waals surface area contributed by atoms with Gasteiger partial charge in [-0.15, -0.1) is 0 Å². The van der Waals surface area contributed by atoms with E-state index in [1.165, 1.54) is 18.9 Å². The Hall–Kier alpha value is -1.86. The monoisotopic (exact) mass is 334 g/mol. The molecule has 130 valence electrons. The van der Waals surface area contributed by atoms with E-state index in [4.69, 9.17) is 9.47 Å². The number of hydrogen-bond acceptors (Lipinski definition) is 4. The van der Waals surface area contributed by atoms with E-state index in [0.29, 0.717) is 43.5 Å². The molecule has 7 heteroatoms. The maximum absolute atomic E-state index is 12.9. The number of fused-ring (bicyclic) bond motifs is 1. The standard InChI is InChI=1S/C17H22N2O5/c20-16(18-4-3-12(8-18)24-9-11-1-2-11)14-7-13(17(21)22)15-10-23-6-5-19(14)15/h7,11-12H,1-6,8-10H2,(H,21,22)/t12-/m0/s1. The van der Waals surface area contributed by atoms with Crippen LogP contribution < -0.4 is 0 Å². The Morgan fingerprint density at radius 3 is 2.88 bits per heavy atom. The molecule has 3 heterocycles. The van der Waals surface area contributed by atoms with Gasteiger partial charge in [0.2, 0.25) is 0 Å². The maximum Gasteiger partial charge on any atom is 0.337 e. The predicted octanol–water partition coefficient (Wildman–Crippen LogP) is 1.36. The topological polar surface area (TPSA) is 81.0 Å². The Morgan fingerprint density at radius 2 is 2.12 bits per heavy atom. The Bertz CT molecular complexity index is 664. The lowest BCUT2D eigenvalue weighted by atomic mass is 10.2. The average Bonchev–Trinajstić information content (AvgIpc) is 3.15. The molecule has 1 atom stereocenters. The third-order valence-electron chi connectivity index (χ3n) is 5.05. The molecule has 0 bridgehead atoms. The fourth-order valence-electron chi connectivity index (χ4n) is 3.45. The summed E-state index contributed by atoms with van der Waals surface area (Å²) in [6.45, 7) is 3.29. The number of aromatic carboxylic acids is 1. The van der Waals surface area contributed by atoms with Crippen LogP contribution in [0, 0.1) is 5.92 Å². The highest BCUT2D eigenvalue weighted by atomic mass is 16.5. The summed E-state index contributed by atoms with van der Waals surface area (Å²) >= 11 is 0. The number of hydrogen-bond donors (Lipinski definition) is 1. The van der Waals surface area contributed by atoms with Crippen LogP contribution in [0.3, 0.4) is 0 Å².